The van der Waals surface area contributed by atoms with Gasteiger partial charge in [-0.05, 0) is 74.4 Å². The van der Waals surface area contributed by atoms with E-state index in [4.69, 9.17) is 11.6 Å². The lowest BCUT2D eigenvalue weighted by molar-refractivity contribution is -0.114. The number of halogens is 1. The van der Waals surface area contributed by atoms with Crippen LogP contribution < -0.4 is 20.9 Å². The molecule has 0 saturated heterocycles. The van der Waals surface area contributed by atoms with Gasteiger partial charge >= 0.3 is 0 Å². The third kappa shape index (κ3) is 7.13. The Morgan fingerprint density at radius 3 is 2.26 bits per heavy atom. The van der Waals surface area contributed by atoms with Crippen LogP contribution in [0.3, 0.4) is 0 Å². The minimum absolute atomic E-state index is 0.0185. The van der Waals surface area contributed by atoms with Gasteiger partial charge in [-0.25, -0.2) is 0 Å². The lowest BCUT2D eigenvalue weighted by Crippen LogP contribution is -2.36. The van der Waals surface area contributed by atoms with E-state index in [2.05, 4.69) is 16.0 Å². The summed E-state index contributed by atoms with van der Waals surface area (Å²) in [6.07, 6.45) is 5.39. The first-order valence-electron chi connectivity index (χ1n) is 13.1. The number of amides is 3. The second-order valence-electron chi connectivity index (χ2n) is 9.37. The average molecular weight is 533 g/mol. The Labute approximate surface area is 228 Å². The van der Waals surface area contributed by atoms with Gasteiger partial charge < -0.3 is 20.9 Å². The van der Waals surface area contributed by atoms with E-state index in [9.17, 15) is 14.4 Å². The molecule has 1 aliphatic rings. The van der Waals surface area contributed by atoms with Crippen molar-refractivity contribution in [3.63, 3.8) is 0 Å². The summed E-state index contributed by atoms with van der Waals surface area (Å²) in [5.74, 6) is -0.582. The summed E-state index contributed by atoms with van der Waals surface area (Å²) < 4.78 is 0. The predicted molar refractivity (Wildman–Crippen MR) is 153 cm³/mol. The van der Waals surface area contributed by atoms with Crippen LogP contribution in [0.1, 0.15) is 59.7 Å². The van der Waals surface area contributed by atoms with E-state index >= 15 is 0 Å². The van der Waals surface area contributed by atoms with Gasteiger partial charge in [0.25, 0.3) is 11.8 Å². The normalized spacial score (nSPS) is 13.4. The maximum absolute atomic E-state index is 13.0. The van der Waals surface area contributed by atoms with Crippen molar-refractivity contribution in [2.45, 2.75) is 45.1 Å². The number of carbonyl (C=O) groups is 3. The first-order valence-corrected chi connectivity index (χ1v) is 13.4. The lowest BCUT2D eigenvalue weighted by atomic mass is 9.95. The Hall–Kier alpha value is -3.84. The Kier molecular flexibility index (Phi) is 9.38. The number of para-hydroxylation sites is 1. The highest BCUT2D eigenvalue weighted by Crippen LogP contribution is 2.23. The standard InChI is InChI=1S/C30H33ClN4O3/c1-2-35(25-11-7-4-8-12-25)30(38)21-13-15-22(16-14-21)32-20-28(36)33-24-17-18-27(31)26(19-24)29(37)34-23-9-5-3-6-10-23/h4,7-8,11-19,23,32H,2-3,5-6,9-10,20H2,1H3,(H,33,36)(H,34,37). The molecule has 0 unspecified atom stereocenters. The molecule has 0 aromatic heterocycles. The molecule has 1 saturated carbocycles. The molecule has 7 nitrogen and oxygen atoms in total. The Morgan fingerprint density at radius 2 is 1.58 bits per heavy atom. The molecule has 0 radical (unpaired) electrons. The van der Waals surface area contributed by atoms with Crippen LogP contribution in [-0.2, 0) is 4.79 Å². The van der Waals surface area contributed by atoms with Crippen LogP contribution in [0, 0.1) is 0 Å². The van der Waals surface area contributed by atoms with Gasteiger partial charge in [-0.2, -0.15) is 0 Å². The molecule has 3 N–H and O–H groups in total. The molecule has 1 aliphatic carbocycles. The fraction of sp³-hybridized carbons (Fsp3) is 0.300. The van der Waals surface area contributed by atoms with Gasteiger partial charge in [0.2, 0.25) is 5.91 Å². The SMILES string of the molecule is CCN(C(=O)c1ccc(NCC(=O)Nc2ccc(Cl)c(C(=O)NC3CCCCC3)c2)cc1)c1ccccc1. The molecule has 0 atom stereocenters. The number of rotatable bonds is 9. The Morgan fingerprint density at radius 1 is 0.895 bits per heavy atom. The van der Waals surface area contributed by atoms with Crippen LogP contribution in [0.15, 0.2) is 72.8 Å². The minimum atomic E-state index is -0.271. The van der Waals surface area contributed by atoms with Gasteiger partial charge in [0.15, 0.2) is 0 Å². The summed E-state index contributed by atoms with van der Waals surface area (Å²) in [4.78, 5) is 40.0. The second kappa shape index (κ2) is 13.1. The summed E-state index contributed by atoms with van der Waals surface area (Å²) in [7, 11) is 0. The van der Waals surface area contributed by atoms with E-state index in [1.165, 1.54) is 6.42 Å². The summed E-state index contributed by atoms with van der Waals surface area (Å²) >= 11 is 6.27. The zero-order valence-corrected chi connectivity index (χ0v) is 22.3. The average Bonchev–Trinajstić information content (AvgIpc) is 2.94. The molecule has 0 bridgehead atoms. The van der Waals surface area contributed by atoms with Crippen molar-refractivity contribution < 1.29 is 14.4 Å². The van der Waals surface area contributed by atoms with Gasteiger partial charge in [0.1, 0.15) is 0 Å². The Bertz CT molecular complexity index is 1260. The van der Waals surface area contributed by atoms with E-state index in [-0.39, 0.29) is 30.3 Å². The number of nitrogens with one attached hydrogen (secondary N) is 3. The molecule has 0 spiro atoms. The quantitative estimate of drug-likeness (QED) is 0.309. The van der Waals surface area contributed by atoms with Gasteiger partial charge in [-0.15, -0.1) is 0 Å². The first-order chi connectivity index (χ1) is 18.4. The zero-order valence-electron chi connectivity index (χ0n) is 21.5. The van der Waals surface area contributed by atoms with Crippen molar-refractivity contribution in [2.24, 2.45) is 0 Å². The third-order valence-corrected chi connectivity index (χ3v) is 6.98. The molecular formula is C30H33ClN4O3. The maximum Gasteiger partial charge on any atom is 0.258 e. The molecule has 1 fully saturated rings. The molecule has 4 rings (SSSR count). The number of nitrogens with zero attached hydrogens (tertiary/aromatic N) is 1. The van der Waals surface area contributed by atoms with Gasteiger partial charge in [-0.1, -0.05) is 49.1 Å². The van der Waals surface area contributed by atoms with E-state index < -0.39 is 0 Å². The second-order valence-corrected chi connectivity index (χ2v) is 9.77. The summed E-state index contributed by atoms with van der Waals surface area (Å²) in [6, 6.07) is 21.6. The van der Waals surface area contributed by atoms with E-state index in [1.807, 2.05) is 37.3 Å². The highest BCUT2D eigenvalue weighted by Gasteiger charge is 2.19. The monoisotopic (exact) mass is 532 g/mol. The van der Waals surface area contributed by atoms with Crippen LogP contribution in [0.25, 0.3) is 0 Å². The summed E-state index contributed by atoms with van der Waals surface area (Å²) in [5, 5.41) is 9.28. The van der Waals surface area contributed by atoms with Crippen LogP contribution in [0.4, 0.5) is 17.1 Å². The number of hydrogen-bond donors (Lipinski definition) is 3. The van der Waals surface area contributed by atoms with Crippen LogP contribution >= 0.6 is 11.6 Å². The van der Waals surface area contributed by atoms with Crippen molar-refractivity contribution in [3.8, 4) is 0 Å². The number of hydrogen-bond acceptors (Lipinski definition) is 4. The molecule has 3 amide bonds. The number of benzene rings is 3. The van der Waals surface area contributed by atoms with Crippen LogP contribution in [-0.4, -0.2) is 36.9 Å². The van der Waals surface area contributed by atoms with Crippen molar-refractivity contribution in [3.05, 3.63) is 88.9 Å². The fourth-order valence-corrected chi connectivity index (χ4v) is 4.82. The van der Waals surface area contributed by atoms with Gasteiger partial charge in [0.05, 0.1) is 17.1 Å². The fourth-order valence-electron chi connectivity index (χ4n) is 4.61. The molecular weight excluding hydrogens is 500 g/mol. The van der Waals surface area contributed by atoms with E-state index in [1.54, 1.807) is 47.4 Å². The third-order valence-electron chi connectivity index (χ3n) is 6.65. The molecule has 198 valence electrons. The van der Waals surface area contributed by atoms with Gasteiger partial charge in [-0.3, -0.25) is 14.4 Å². The van der Waals surface area contributed by atoms with Crippen molar-refractivity contribution in [1.29, 1.82) is 0 Å². The molecule has 3 aromatic carbocycles. The van der Waals surface area contributed by atoms with Crippen molar-refractivity contribution >= 4 is 46.4 Å². The van der Waals surface area contributed by atoms with Crippen molar-refractivity contribution in [1.82, 2.24) is 5.32 Å². The van der Waals surface area contributed by atoms with Gasteiger partial charge in [0, 0.05) is 35.2 Å². The smallest absolute Gasteiger partial charge is 0.258 e. The first kappa shape index (κ1) is 27.2. The highest BCUT2D eigenvalue weighted by atomic mass is 35.5. The van der Waals surface area contributed by atoms with Crippen LogP contribution in [0.2, 0.25) is 5.02 Å². The summed E-state index contributed by atoms with van der Waals surface area (Å²) in [6.45, 7) is 2.51. The van der Waals surface area contributed by atoms with Crippen molar-refractivity contribution in [2.75, 3.05) is 28.6 Å². The van der Waals surface area contributed by atoms with E-state index in [0.29, 0.717) is 34.1 Å². The highest BCUT2D eigenvalue weighted by molar-refractivity contribution is 6.34. The van der Waals surface area contributed by atoms with E-state index in [0.717, 1.165) is 31.4 Å². The summed E-state index contributed by atoms with van der Waals surface area (Å²) in [5.41, 5.74) is 2.96. The molecule has 8 heteroatoms. The maximum atomic E-state index is 13.0. The predicted octanol–water partition coefficient (Wildman–Crippen LogP) is 6.12. The molecule has 0 heterocycles. The van der Waals surface area contributed by atoms with Crippen LogP contribution in [0.5, 0.6) is 0 Å². The number of carbonyl (C=O) groups excluding carboxylic acids is 3. The topological polar surface area (TPSA) is 90.5 Å². The largest absolute Gasteiger partial charge is 0.376 e. The molecule has 38 heavy (non-hydrogen) atoms. The number of anilines is 3. The lowest BCUT2D eigenvalue weighted by Gasteiger charge is -2.23. The minimum Gasteiger partial charge on any atom is -0.376 e. The molecule has 3 aromatic rings. The zero-order chi connectivity index (χ0) is 26.9. The molecule has 0 aliphatic heterocycles. The Balaban J connectivity index is 1.31.